The van der Waals surface area contributed by atoms with Crippen LogP contribution in [0.4, 0.5) is 0 Å². The molecule has 0 unspecified atom stereocenters. The highest BCUT2D eigenvalue weighted by atomic mass is 32.2. The van der Waals surface area contributed by atoms with Crippen molar-refractivity contribution in [3.05, 3.63) is 70.8 Å². The number of nitrogens with zero attached hydrogens (tertiary/aromatic N) is 7. The normalized spacial score (nSPS) is 14.8. The monoisotopic (exact) mass is 433 g/mol. The van der Waals surface area contributed by atoms with Crippen LogP contribution in [0.3, 0.4) is 0 Å². The van der Waals surface area contributed by atoms with Gasteiger partial charge < -0.3 is 0 Å². The number of fused-ring (bicyclic) bond motifs is 1. The molecule has 0 aliphatic carbocycles. The maximum Gasteiger partial charge on any atom is 0.278 e. The summed E-state index contributed by atoms with van der Waals surface area (Å²) in [6.07, 6.45) is 3.75. The molecule has 31 heavy (non-hydrogen) atoms. The minimum atomic E-state index is -0.155. The Morgan fingerprint density at radius 3 is 2.48 bits per heavy atom. The van der Waals surface area contributed by atoms with Crippen molar-refractivity contribution < 1.29 is 0 Å². The molecule has 1 aliphatic rings. The van der Waals surface area contributed by atoms with Gasteiger partial charge in [0.1, 0.15) is 5.52 Å². The summed E-state index contributed by atoms with van der Waals surface area (Å²) < 4.78 is 3.46. The number of hydrogen-bond acceptors (Lipinski definition) is 7. The fourth-order valence-electron chi connectivity index (χ4n) is 3.88. The van der Waals surface area contributed by atoms with Crippen LogP contribution >= 0.6 is 11.8 Å². The van der Waals surface area contributed by atoms with Crippen LogP contribution in [0, 0.1) is 0 Å². The number of thioether (sulfide) groups is 1. The second-order valence-corrected chi connectivity index (χ2v) is 8.50. The van der Waals surface area contributed by atoms with Crippen LogP contribution in [-0.4, -0.2) is 47.7 Å². The van der Waals surface area contributed by atoms with Crippen LogP contribution in [0.25, 0.3) is 16.6 Å². The molecular formula is C22H23N7OS. The van der Waals surface area contributed by atoms with E-state index < -0.39 is 0 Å². The van der Waals surface area contributed by atoms with Crippen molar-refractivity contribution in [1.82, 2.24) is 34.7 Å². The predicted molar refractivity (Wildman–Crippen MR) is 120 cm³/mol. The maximum atomic E-state index is 12.8. The second kappa shape index (κ2) is 8.99. The SMILES string of the molecule is O=c1c2ccccc2nnn1CSc1nnc(CN2CCCCC2)n1-c1ccccc1. The van der Waals surface area contributed by atoms with E-state index in [2.05, 4.69) is 42.1 Å². The molecule has 1 fully saturated rings. The van der Waals surface area contributed by atoms with Gasteiger partial charge in [-0.15, -0.1) is 15.3 Å². The highest BCUT2D eigenvalue weighted by molar-refractivity contribution is 7.98. The lowest BCUT2D eigenvalue weighted by atomic mass is 10.1. The first-order valence-electron chi connectivity index (χ1n) is 10.5. The van der Waals surface area contributed by atoms with Gasteiger partial charge in [-0.05, 0) is 50.2 Å². The first-order chi connectivity index (χ1) is 15.3. The van der Waals surface area contributed by atoms with Crippen molar-refractivity contribution >= 4 is 22.7 Å². The molecule has 2 aromatic carbocycles. The average Bonchev–Trinajstić information content (AvgIpc) is 3.22. The number of rotatable bonds is 6. The third-order valence-corrected chi connectivity index (χ3v) is 6.37. The summed E-state index contributed by atoms with van der Waals surface area (Å²) in [5.41, 5.74) is 1.46. The third-order valence-electron chi connectivity index (χ3n) is 5.47. The average molecular weight is 434 g/mol. The zero-order valence-electron chi connectivity index (χ0n) is 17.1. The van der Waals surface area contributed by atoms with Crippen molar-refractivity contribution in [2.24, 2.45) is 0 Å². The quantitative estimate of drug-likeness (QED) is 0.432. The fraction of sp³-hybridized carbons (Fsp3) is 0.318. The Morgan fingerprint density at radius 2 is 1.65 bits per heavy atom. The number of para-hydroxylation sites is 1. The van der Waals surface area contributed by atoms with Crippen LogP contribution in [0.1, 0.15) is 25.1 Å². The zero-order valence-corrected chi connectivity index (χ0v) is 17.9. The van der Waals surface area contributed by atoms with E-state index in [0.29, 0.717) is 16.8 Å². The summed E-state index contributed by atoms with van der Waals surface area (Å²) in [6, 6.07) is 17.4. The summed E-state index contributed by atoms with van der Waals surface area (Å²) in [5, 5.41) is 18.5. The van der Waals surface area contributed by atoms with Crippen LogP contribution in [0.2, 0.25) is 0 Å². The van der Waals surface area contributed by atoms with E-state index >= 15 is 0 Å². The number of hydrogen-bond donors (Lipinski definition) is 0. The number of piperidine rings is 1. The van der Waals surface area contributed by atoms with Gasteiger partial charge in [-0.2, -0.15) is 4.68 Å². The number of aromatic nitrogens is 6. The zero-order chi connectivity index (χ0) is 21.0. The molecule has 4 aromatic rings. The lowest BCUT2D eigenvalue weighted by Crippen LogP contribution is -2.30. The molecule has 0 radical (unpaired) electrons. The van der Waals surface area contributed by atoms with Gasteiger partial charge in [-0.25, -0.2) is 0 Å². The fourth-order valence-corrected chi connectivity index (χ4v) is 4.72. The van der Waals surface area contributed by atoms with Crippen molar-refractivity contribution in [1.29, 1.82) is 0 Å². The molecule has 8 nitrogen and oxygen atoms in total. The van der Waals surface area contributed by atoms with Gasteiger partial charge >= 0.3 is 0 Å². The molecule has 0 N–H and O–H groups in total. The van der Waals surface area contributed by atoms with E-state index in [0.717, 1.165) is 36.3 Å². The molecule has 1 aliphatic heterocycles. The Bertz CT molecular complexity index is 1230. The molecule has 0 atom stereocenters. The predicted octanol–water partition coefficient (Wildman–Crippen LogP) is 3.11. The van der Waals surface area contributed by atoms with Crippen molar-refractivity contribution in [2.75, 3.05) is 13.1 Å². The van der Waals surface area contributed by atoms with E-state index in [-0.39, 0.29) is 5.56 Å². The van der Waals surface area contributed by atoms with Crippen LogP contribution in [-0.2, 0) is 12.4 Å². The van der Waals surface area contributed by atoms with E-state index in [1.807, 2.05) is 30.3 Å². The minimum absolute atomic E-state index is 0.155. The summed E-state index contributed by atoms with van der Waals surface area (Å²) >= 11 is 1.43. The van der Waals surface area contributed by atoms with Gasteiger partial charge in [-0.1, -0.05) is 53.7 Å². The molecule has 0 amide bonds. The summed E-state index contributed by atoms with van der Waals surface area (Å²) in [6.45, 7) is 2.94. The molecule has 0 saturated carbocycles. The molecule has 1 saturated heterocycles. The minimum Gasteiger partial charge on any atom is -0.296 e. The van der Waals surface area contributed by atoms with E-state index in [9.17, 15) is 4.79 Å². The first kappa shape index (κ1) is 19.9. The lowest BCUT2D eigenvalue weighted by Gasteiger charge is -2.26. The molecule has 9 heteroatoms. The summed E-state index contributed by atoms with van der Waals surface area (Å²) in [4.78, 5) is 15.2. The third kappa shape index (κ3) is 4.24. The molecule has 0 bridgehead atoms. The van der Waals surface area contributed by atoms with Gasteiger partial charge in [0.15, 0.2) is 11.0 Å². The highest BCUT2D eigenvalue weighted by Gasteiger charge is 2.19. The Labute approximate surface area is 183 Å². The lowest BCUT2D eigenvalue weighted by molar-refractivity contribution is 0.214. The molecule has 5 rings (SSSR count). The van der Waals surface area contributed by atoms with Gasteiger partial charge in [0.05, 0.1) is 17.8 Å². The van der Waals surface area contributed by atoms with Crippen LogP contribution in [0.15, 0.2) is 64.5 Å². The van der Waals surface area contributed by atoms with E-state index in [1.165, 1.54) is 35.7 Å². The Balaban J connectivity index is 1.43. The second-order valence-electron chi connectivity index (χ2n) is 7.59. The van der Waals surface area contributed by atoms with Crippen LogP contribution in [0.5, 0.6) is 0 Å². The maximum absolute atomic E-state index is 12.8. The summed E-state index contributed by atoms with van der Waals surface area (Å²) in [5.74, 6) is 1.22. The molecular weight excluding hydrogens is 410 g/mol. The topological polar surface area (TPSA) is 81.7 Å². The Morgan fingerprint density at radius 1 is 0.871 bits per heavy atom. The van der Waals surface area contributed by atoms with Crippen molar-refractivity contribution in [2.45, 2.75) is 36.8 Å². The van der Waals surface area contributed by atoms with E-state index in [1.54, 1.807) is 12.1 Å². The van der Waals surface area contributed by atoms with Gasteiger partial charge in [-0.3, -0.25) is 14.3 Å². The van der Waals surface area contributed by atoms with Crippen molar-refractivity contribution in [3.8, 4) is 5.69 Å². The summed E-state index contributed by atoms with van der Waals surface area (Å²) in [7, 11) is 0. The standard InChI is InChI=1S/C22H23N7OS/c30-21-18-11-5-6-12-19(18)23-26-28(21)16-31-22-25-24-20(15-27-13-7-2-8-14-27)29(22)17-9-3-1-4-10-17/h1,3-6,9-12H,2,7-8,13-16H2. The van der Waals surface area contributed by atoms with Gasteiger partial charge in [0.25, 0.3) is 5.56 Å². The largest absolute Gasteiger partial charge is 0.296 e. The van der Waals surface area contributed by atoms with E-state index in [4.69, 9.17) is 0 Å². The van der Waals surface area contributed by atoms with Crippen molar-refractivity contribution in [3.63, 3.8) is 0 Å². The first-order valence-corrected chi connectivity index (χ1v) is 11.5. The number of likely N-dealkylation sites (tertiary alicyclic amines) is 1. The Hall–Kier alpha value is -3.04. The molecule has 158 valence electrons. The number of benzene rings is 2. The smallest absolute Gasteiger partial charge is 0.278 e. The van der Waals surface area contributed by atoms with Gasteiger partial charge in [0, 0.05) is 5.69 Å². The molecule has 0 spiro atoms. The van der Waals surface area contributed by atoms with Gasteiger partial charge in [0.2, 0.25) is 0 Å². The molecule has 3 heterocycles. The highest BCUT2D eigenvalue weighted by Crippen LogP contribution is 2.24. The Kier molecular flexibility index (Phi) is 5.77. The molecule has 2 aromatic heterocycles. The van der Waals surface area contributed by atoms with Crippen LogP contribution < -0.4 is 5.56 Å².